The number of benzene rings is 1. The first kappa shape index (κ1) is 27.2. The Labute approximate surface area is 204 Å². The van der Waals surface area contributed by atoms with E-state index in [1.165, 1.54) is 18.4 Å². The lowest BCUT2D eigenvalue weighted by Crippen LogP contribution is -2.38. The Morgan fingerprint density at radius 1 is 1.06 bits per heavy atom. The van der Waals surface area contributed by atoms with Crippen LogP contribution in [0.2, 0.25) is 0 Å². The predicted octanol–water partition coefficient (Wildman–Crippen LogP) is 4.65. The maximum Gasteiger partial charge on any atom is 0.191 e. The molecule has 0 fully saturated rings. The number of hydrogen-bond acceptors (Lipinski definition) is 4. The molecule has 8 heteroatoms. The van der Waals surface area contributed by atoms with E-state index < -0.39 is 0 Å². The summed E-state index contributed by atoms with van der Waals surface area (Å²) in [5.41, 5.74) is 2.30. The number of rotatable bonds is 12. The van der Waals surface area contributed by atoms with Gasteiger partial charge in [0.2, 0.25) is 0 Å². The fourth-order valence-corrected chi connectivity index (χ4v) is 2.95. The molecular formula is C23H39IN6O. The van der Waals surface area contributed by atoms with Crippen molar-refractivity contribution in [2.45, 2.75) is 72.9 Å². The quantitative estimate of drug-likeness (QED) is 0.177. The van der Waals surface area contributed by atoms with Gasteiger partial charge in [-0.25, -0.2) is 4.99 Å². The van der Waals surface area contributed by atoms with E-state index in [0.717, 1.165) is 61.3 Å². The van der Waals surface area contributed by atoms with Gasteiger partial charge in [0.05, 0.1) is 19.7 Å². The number of unbranched alkanes of at least 4 members (excludes halogenated alkanes) is 3. The Hall–Kier alpha value is -1.84. The molecule has 0 spiro atoms. The Bertz CT molecular complexity index is 805. The van der Waals surface area contributed by atoms with Gasteiger partial charge in [0, 0.05) is 19.2 Å². The number of nitrogens with zero attached hydrogens (tertiary/aromatic N) is 4. The van der Waals surface area contributed by atoms with Crippen LogP contribution in [0.3, 0.4) is 0 Å². The van der Waals surface area contributed by atoms with Gasteiger partial charge in [-0.3, -0.25) is 0 Å². The second-order valence-corrected chi connectivity index (χ2v) is 7.69. The fraction of sp³-hybridized carbons (Fsp3) is 0.609. The number of guanidine groups is 1. The summed E-state index contributed by atoms with van der Waals surface area (Å²) in [4.78, 5) is 4.81. The summed E-state index contributed by atoms with van der Waals surface area (Å²) in [7, 11) is 1.97. The van der Waals surface area contributed by atoms with Crippen molar-refractivity contribution in [2.75, 3.05) is 13.2 Å². The zero-order chi connectivity index (χ0) is 21.8. The molecule has 1 aromatic heterocycles. The van der Waals surface area contributed by atoms with Crippen LogP contribution in [0.1, 0.15) is 68.7 Å². The van der Waals surface area contributed by atoms with Gasteiger partial charge < -0.3 is 19.9 Å². The van der Waals surface area contributed by atoms with E-state index in [1.54, 1.807) is 0 Å². The number of aryl methyl sites for hydroxylation is 2. The second kappa shape index (κ2) is 15.0. The van der Waals surface area contributed by atoms with E-state index in [4.69, 9.17) is 9.73 Å². The molecule has 0 unspecified atom stereocenters. The zero-order valence-corrected chi connectivity index (χ0v) is 22.0. The summed E-state index contributed by atoms with van der Waals surface area (Å²) in [6, 6.07) is 6.34. The fourth-order valence-electron chi connectivity index (χ4n) is 2.95. The van der Waals surface area contributed by atoms with Crippen LogP contribution < -0.4 is 15.4 Å². The molecule has 174 valence electrons. The van der Waals surface area contributed by atoms with E-state index in [9.17, 15) is 0 Å². The molecule has 2 N–H and O–H groups in total. The van der Waals surface area contributed by atoms with Crippen molar-refractivity contribution >= 4 is 29.9 Å². The van der Waals surface area contributed by atoms with Crippen molar-refractivity contribution in [2.24, 2.45) is 12.0 Å². The van der Waals surface area contributed by atoms with E-state index in [-0.39, 0.29) is 24.0 Å². The summed E-state index contributed by atoms with van der Waals surface area (Å²) in [5.74, 6) is 3.50. The van der Waals surface area contributed by atoms with Gasteiger partial charge in [-0.2, -0.15) is 0 Å². The minimum atomic E-state index is 0. The van der Waals surface area contributed by atoms with Gasteiger partial charge in [0.25, 0.3) is 0 Å². The molecule has 0 aliphatic carbocycles. The smallest absolute Gasteiger partial charge is 0.191 e. The SMILES string of the molecule is CCCCCOc1cc(C)ccc1CN=C(NCCCC)NCc1nnc(C)n1C.I. The molecule has 0 atom stereocenters. The number of nitrogens with one attached hydrogen (secondary N) is 2. The molecule has 2 rings (SSSR count). The molecule has 0 bridgehead atoms. The third kappa shape index (κ3) is 9.45. The Morgan fingerprint density at radius 2 is 1.84 bits per heavy atom. The number of aromatic nitrogens is 3. The highest BCUT2D eigenvalue weighted by atomic mass is 127. The standard InChI is InChI=1S/C23H38N6O.HI/c1-6-8-10-14-30-21-15-18(3)11-12-20(21)16-25-23(24-13-9-7-2)26-17-22-28-27-19(4)29(22)5;/h11-12,15H,6-10,13-14,16-17H2,1-5H3,(H2,24,25,26);1H. The van der Waals surface area contributed by atoms with E-state index in [2.05, 4.69) is 59.8 Å². The average molecular weight is 543 g/mol. The van der Waals surface area contributed by atoms with Gasteiger partial charge in [-0.1, -0.05) is 45.2 Å². The number of halogens is 1. The first-order chi connectivity index (χ1) is 14.5. The van der Waals surface area contributed by atoms with Crippen molar-refractivity contribution in [1.82, 2.24) is 25.4 Å². The molecule has 0 radical (unpaired) electrons. The number of aliphatic imine (C=N–C) groups is 1. The van der Waals surface area contributed by atoms with Crippen LogP contribution >= 0.6 is 24.0 Å². The van der Waals surface area contributed by atoms with Crippen LogP contribution in [0.4, 0.5) is 0 Å². The Kier molecular flexibility index (Phi) is 13.2. The molecule has 2 aromatic rings. The summed E-state index contributed by atoms with van der Waals surface area (Å²) in [5, 5.41) is 15.1. The van der Waals surface area contributed by atoms with Crippen molar-refractivity contribution in [3.8, 4) is 5.75 Å². The van der Waals surface area contributed by atoms with Gasteiger partial charge >= 0.3 is 0 Å². The lowest BCUT2D eigenvalue weighted by atomic mass is 10.1. The van der Waals surface area contributed by atoms with Crippen LogP contribution in [0.5, 0.6) is 5.75 Å². The van der Waals surface area contributed by atoms with Crippen molar-refractivity contribution in [3.05, 3.63) is 41.0 Å². The molecule has 0 saturated carbocycles. The summed E-state index contributed by atoms with van der Waals surface area (Å²) in [6.07, 6.45) is 5.69. The maximum atomic E-state index is 6.07. The highest BCUT2D eigenvalue weighted by Gasteiger charge is 2.08. The molecule has 31 heavy (non-hydrogen) atoms. The number of hydrogen-bond donors (Lipinski definition) is 2. The highest BCUT2D eigenvalue weighted by Crippen LogP contribution is 2.21. The summed E-state index contributed by atoms with van der Waals surface area (Å²) >= 11 is 0. The zero-order valence-electron chi connectivity index (χ0n) is 19.7. The van der Waals surface area contributed by atoms with Gasteiger partial charge in [0.15, 0.2) is 11.8 Å². The molecule has 0 amide bonds. The van der Waals surface area contributed by atoms with Gasteiger partial charge in [0.1, 0.15) is 11.6 Å². The highest BCUT2D eigenvalue weighted by molar-refractivity contribution is 14.0. The van der Waals surface area contributed by atoms with Gasteiger partial charge in [-0.15, -0.1) is 34.2 Å². The van der Waals surface area contributed by atoms with E-state index >= 15 is 0 Å². The third-order valence-electron chi connectivity index (χ3n) is 5.06. The Morgan fingerprint density at radius 3 is 2.52 bits per heavy atom. The average Bonchev–Trinajstić information content (AvgIpc) is 3.06. The summed E-state index contributed by atoms with van der Waals surface area (Å²) < 4.78 is 8.05. The monoisotopic (exact) mass is 542 g/mol. The Balaban J connectivity index is 0.00000480. The van der Waals surface area contributed by atoms with Crippen LogP contribution in [0.25, 0.3) is 0 Å². The first-order valence-electron chi connectivity index (χ1n) is 11.1. The number of ether oxygens (including phenoxy) is 1. The van der Waals surface area contributed by atoms with Crippen molar-refractivity contribution < 1.29 is 4.74 Å². The first-order valence-corrected chi connectivity index (χ1v) is 11.1. The molecular weight excluding hydrogens is 503 g/mol. The largest absolute Gasteiger partial charge is 0.493 e. The van der Waals surface area contributed by atoms with Crippen LogP contribution in [-0.4, -0.2) is 33.9 Å². The maximum absolute atomic E-state index is 6.07. The van der Waals surface area contributed by atoms with Crippen LogP contribution in [0.15, 0.2) is 23.2 Å². The molecule has 1 heterocycles. The predicted molar refractivity (Wildman–Crippen MR) is 138 cm³/mol. The molecule has 0 saturated heterocycles. The van der Waals surface area contributed by atoms with Gasteiger partial charge in [-0.05, 0) is 38.3 Å². The van der Waals surface area contributed by atoms with Crippen LogP contribution in [0, 0.1) is 13.8 Å². The molecule has 1 aromatic carbocycles. The second-order valence-electron chi connectivity index (χ2n) is 7.69. The molecule has 7 nitrogen and oxygen atoms in total. The van der Waals surface area contributed by atoms with Crippen molar-refractivity contribution in [1.29, 1.82) is 0 Å². The summed E-state index contributed by atoms with van der Waals surface area (Å²) in [6.45, 7) is 11.2. The van der Waals surface area contributed by atoms with E-state index in [0.29, 0.717) is 13.1 Å². The minimum Gasteiger partial charge on any atom is -0.493 e. The molecule has 0 aliphatic rings. The lowest BCUT2D eigenvalue weighted by Gasteiger charge is -2.14. The van der Waals surface area contributed by atoms with E-state index in [1.807, 2.05) is 18.5 Å². The minimum absolute atomic E-state index is 0. The van der Waals surface area contributed by atoms with Crippen molar-refractivity contribution in [3.63, 3.8) is 0 Å². The third-order valence-corrected chi connectivity index (χ3v) is 5.06. The lowest BCUT2D eigenvalue weighted by molar-refractivity contribution is 0.303. The van der Waals surface area contributed by atoms with Crippen LogP contribution in [-0.2, 0) is 20.1 Å². The normalized spacial score (nSPS) is 11.2. The topological polar surface area (TPSA) is 76.4 Å². The molecule has 0 aliphatic heterocycles.